The molecule has 118 valence electrons. The zero-order chi connectivity index (χ0) is 14.4. The SMILES string of the molecule is Cc1ccccc1C1(CNC(=O)CCN)CCCCC1.Cl. The van der Waals surface area contributed by atoms with Crippen molar-refractivity contribution in [2.45, 2.75) is 50.9 Å². The monoisotopic (exact) mass is 310 g/mol. The molecule has 0 spiro atoms. The van der Waals surface area contributed by atoms with E-state index in [2.05, 4.69) is 36.5 Å². The summed E-state index contributed by atoms with van der Waals surface area (Å²) < 4.78 is 0. The van der Waals surface area contributed by atoms with E-state index in [1.54, 1.807) is 0 Å². The lowest BCUT2D eigenvalue weighted by molar-refractivity contribution is -0.121. The molecule has 0 aromatic heterocycles. The second kappa shape index (κ2) is 8.40. The largest absolute Gasteiger partial charge is 0.355 e. The van der Waals surface area contributed by atoms with E-state index in [0.29, 0.717) is 13.0 Å². The van der Waals surface area contributed by atoms with Crippen molar-refractivity contribution in [2.75, 3.05) is 13.1 Å². The van der Waals surface area contributed by atoms with Gasteiger partial charge in [0.2, 0.25) is 5.91 Å². The highest BCUT2D eigenvalue weighted by Gasteiger charge is 2.35. The Bertz CT molecular complexity index is 456. The fourth-order valence-corrected chi connectivity index (χ4v) is 3.43. The summed E-state index contributed by atoms with van der Waals surface area (Å²) in [5, 5.41) is 3.10. The van der Waals surface area contributed by atoms with Crippen molar-refractivity contribution in [3.8, 4) is 0 Å². The Balaban J connectivity index is 0.00000220. The lowest BCUT2D eigenvalue weighted by atomic mass is 9.68. The van der Waals surface area contributed by atoms with Crippen molar-refractivity contribution in [2.24, 2.45) is 5.73 Å². The molecular formula is C17H27ClN2O. The summed E-state index contributed by atoms with van der Waals surface area (Å²) in [7, 11) is 0. The number of nitrogens with two attached hydrogens (primary N) is 1. The van der Waals surface area contributed by atoms with Gasteiger partial charge in [0, 0.05) is 24.9 Å². The van der Waals surface area contributed by atoms with E-state index in [9.17, 15) is 4.79 Å². The van der Waals surface area contributed by atoms with E-state index < -0.39 is 0 Å². The predicted octanol–water partition coefficient (Wildman–Crippen LogP) is 3.08. The molecule has 0 saturated heterocycles. The third-order valence-corrected chi connectivity index (χ3v) is 4.52. The highest BCUT2D eigenvalue weighted by Crippen LogP contribution is 2.40. The maximum absolute atomic E-state index is 11.8. The van der Waals surface area contributed by atoms with E-state index in [0.717, 1.165) is 6.54 Å². The van der Waals surface area contributed by atoms with Gasteiger partial charge in [0.25, 0.3) is 0 Å². The van der Waals surface area contributed by atoms with Crippen LogP contribution in [-0.4, -0.2) is 19.0 Å². The van der Waals surface area contributed by atoms with Gasteiger partial charge in [-0.25, -0.2) is 0 Å². The average Bonchev–Trinajstić information content (AvgIpc) is 2.47. The molecule has 21 heavy (non-hydrogen) atoms. The topological polar surface area (TPSA) is 55.1 Å². The Labute approximate surface area is 134 Å². The normalized spacial score (nSPS) is 16.9. The third kappa shape index (κ3) is 4.45. The number of amides is 1. The highest BCUT2D eigenvalue weighted by atomic mass is 35.5. The summed E-state index contributed by atoms with van der Waals surface area (Å²) >= 11 is 0. The van der Waals surface area contributed by atoms with E-state index >= 15 is 0 Å². The minimum Gasteiger partial charge on any atom is -0.355 e. The van der Waals surface area contributed by atoms with Crippen LogP contribution in [0.5, 0.6) is 0 Å². The number of aryl methyl sites for hydroxylation is 1. The van der Waals surface area contributed by atoms with Gasteiger partial charge >= 0.3 is 0 Å². The number of carbonyl (C=O) groups is 1. The van der Waals surface area contributed by atoms with Crippen LogP contribution in [0.3, 0.4) is 0 Å². The van der Waals surface area contributed by atoms with Gasteiger partial charge in [-0.15, -0.1) is 12.4 Å². The molecule has 1 saturated carbocycles. The quantitative estimate of drug-likeness (QED) is 0.878. The molecular weight excluding hydrogens is 284 g/mol. The molecule has 2 rings (SSSR count). The summed E-state index contributed by atoms with van der Waals surface area (Å²) in [4.78, 5) is 11.8. The standard InChI is InChI=1S/C17H26N2O.ClH/c1-14-7-3-4-8-15(14)17(10-5-2-6-11-17)13-19-16(20)9-12-18;/h3-4,7-8H,2,5-6,9-13,18H2,1H3,(H,19,20);1H. The number of benzene rings is 1. The molecule has 1 amide bonds. The van der Waals surface area contributed by atoms with Gasteiger partial charge < -0.3 is 11.1 Å². The molecule has 4 heteroatoms. The first-order chi connectivity index (χ1) is 9.68. The summed E-state index contributed by atoms with van der Waals surface area (Å²) in [6.07, 6.45) is 6.57. The Morgan fingerprint density at radius 3 is 2.52 bits per heavy atom. The molecule has 0 unspecified atom stereocenters. The minimum absolute atomic E-state index is 0. The van der Waals surface area contributed by atoms with Gasteiger partial charge in [-0.05, 0) is 30.9 Å². The van der Waals surface area contributed by atoms with Crippen molar-refractivity contribution < 1.29 is 4.79 Å². The molecule has 1 aromatic carbocycles. The second-order valence-electron chi connectivity index (χ2n) is 5.97. The van der Waals surface area contributed by atoms with Crippen LogP contribution in [0.2, 0.25) is 0 Å². The van der Waals surface area contributed by atoms with Crippen molar-refractivity contribution in [1.82, 2.24) is 5.32 Å². The summed E-state index contributed by atoms with van der Waals surface area (Å²) in [6.45, 7) is 3.34. The average molecular weight is 311 g/mol. The molecule has 0 heterocycles. The molecule has 0 bridgehead atoms. The fourth-order valence-electron chi connectivity index (χ4n) is 3.43. The maximum atomic E-state index is 11.8. The second-order valence-corrected chi connectivity index (χ2v) is 5.97. The lowest BCUT2D eigenvalue weighted by Crippen LogP contribution is -2.43. The van der Waals surface area contributed by atoms with Crippen molar-refractivity contribution in [1.29, 1.82) is 0 Å². The highest BCUT2D eigenvalue weighted by molar-refractivity contribution is 5.85. The Morgan fingerprint density at radius 1 is 1.24 bits per heavy atom. The first-order valence-corrected chi connectivity index (χ1v) is 7.71. The van der Waals surface area contributed by atoms with E-state index in [4.69, 9.17) is 5.73 Å². The van der Waals surface area contributed by atoms with Gasteiger partial charge in [0.1, 0.15) is 0 Å². The molecule has 1 aliphatic rings. The molecule has 3 N–H and O–H groups in total. The summed E-state index contributed by atoms with van der Waals surface area (Å²) in [5.41, 5.74) is 8.31. The number of hydrogen-bond donors (Lipinski definition) is 2. The number of hydrogen-bond acceptors (Lipinski definition) is 2. The third-order valence-electron chi connectivity index (χ3n) is 4.52. The molecule has 3 nitrogen and oxygen atoms in total. The van der Waals surface area contributed by atoms with Crippen molar-refractivity contribution >= 4 is 18.3 Å². The summed E-state index contributed by atoms with van der Waals surface area (Å²) in [5.74, 6) is 0.0750. The predicted molar refractivity (Wildman–Crippen MR) is 89.9 cm³/mol. The van der Waals surface area contributed by atoms with E-state index in [1.807, 2.05) is 0 Å². The van der Waals surface area contributed by atoms with Gasteiger partial charge in [-0.3, -0.25) is 4.79 Å². The van der Waals surface area contributed by atoms with Crippen LogP contribution in [0.15, 0.2) is 24.3 Å². The Hall–Kier alpha value is -1.06. The first-order valence-electron chi connectivity index (χ1n) is 7.71. The fraction of sp³-hybridized carbons (Fsp3) is 0.588. The Morgan fingerprint density at radius 2 is 1.90 bits per heavy atom. The van der Waals surface area contributed by atoms with Crippen molar-refractivity contribution in [3.05, 3.63) is 35.4 Å². The maximum Gasteiger partial charge on any atom is 0.221 e. The van der Waals surface area contributed by atoms with Crippen LogP contribution in [0.25, 0.3) is 0 Å². The number of carbonyl (C=O) groups excluding carboxylic acids is 1. The molecule has 0 radical (unpaired) electrons. The molecule has 1 aliphatic carbocycles. The molecule has 1 aromatic rings. The van der Waals surface area contributed by atoms with Gasteiger partial charge in [-0.2, -0.15) is 0 Å². The van der Waals surface area contributed by atoms with Crippen LogP contribution in [0.1, 0.15) is 49.7 Å². The van der Waals surface area contributed by atoms with E-state index in [-0.39, 0.29) is 23.7 Å². The van der Waals surface area contributed by atoms with Crippen LogP contribution < -0.4 is 11.1 Å². The smallest absolute Gasteiger partial charge is 0.221 e. The van der Waals surface area contributed by atoms with Crippen LogP contribution >= 0.6 is 12.4 Å². The van der Waals surface area contributed by atoms with Gasteiger partial charge in [0.05, 0.1) is 0 Å². The van der Waals surface area contributed by atoms with Crippen LogP contribution in [-0.2, 0) is 10.2 Å². The van der Waals surface area contributed by atoms with Gasteiger partial charge in [-0.1, -0.05) is 43.5 Å². The molecule has 1 fully saturated rings. The van der Waals surface area contributed by atoms with Crippen LogP contribution in [0, 0.1) is 6.92 Å². The molecule has 0 atom stereocenters. The number of nitrogens with one attached hydrogen (secondary N) is 1. The van der Waals surface area contributed by atoms with Crippen LogP contribution in [0.4, 0.5) is 0 Å². The number of rotatable bonds is 5. The zero-order valence-electron chi connectivity index (χ0n) is 12.9. The van der Waals surface area contributed by atoms with E-state index in [1.165, 1.54) is 43.2 Å². The first kappa shape index (κ1) is 18.0. The summed E-state index contributed by atoms with van der Waals surface area (Å²) in [6, 6.07) is 8.60. The zero-order valence-corrected chi connectivity index (χ0v) is 13.7. The van der Waals surface area contributed by atoms with Gasteiger partial charge in [0.15, 0.2) is 0 Å². The number of halogens is 1. The molecule has 0 aliphatic heterocycles. The van der Waals surface area contributed by atoms with Crippen molar-refractivity contribution in [3.63, 3.8) is 0 Å². The minimum atomic E-state index is 0. The lowest BCUT2D eigenvalue weighted by Gasteiger charge is -2.39. The Kier molecular flexibility index (Phi) is 7.20.